The first kappa shape index (κ1) is 16.2. The highest BCUT2D eigenvalue weighted by Crippen LogP contribution is 2.36. The van der Waals surface area contributed by atoms with E-state index in [1.807, 2.05) is 57.5 Å². The summed E-state index contributed by atoms with van der Waals surface area (Å²) in [6, 6.07) is 3.77. The van der Waals surface area contributed by atoms with Gasteiger partial charge in [0.2, 0.25) is 0 Å². The van der Waals surface area contributed by atoms with Crippen molar-refractivity contribution in [2.75, 3.05) is 0 Å². The maximum absolute atomic E-state index is 9.68. The minimum atomic E-state index is -0.538. The van der Waals surface area contributed by atoms with Gasteiger partial charge in [-0.1, -0.05) is 0 Å². The Balaban J connectivity index is 1.94. The molecule has 122 valence electrons. The van der Waals surface area contributed by atoms with E-state index in [0.717, 1.165) is 11.4 Å². The topological polar surface area (TPSA) is 69.4 Å². The van der Waals surface area contributed by atoms with E-state index >= 15 is 0 Å². The summed E-state index contributed by atoms with van der Waals surface area (Å²) in [4.78, 5) is 8.75. The normalized spacial score (nSPS) is 19.3. The Labute approximate surface area is 136 Å². The van der Waals surface area contributed by atoms with Crippen molar-refractivity contribution in [2.45, 2.75) is 52.4 Å². The molecular formula is C16H22BN3O3. The fourth-order valence-electron chi connectivity index (χ4n) is 2.51. The first-order valence-electron chi connectivity index (χ1n) is 7.71. The first-order valence-corrected chi connectivity index (χ1v) is 7.71. The highest BCUT2D eigenvalue weighted by atomic mass is 16.7. The third-order valence-corrected chi connectivity index (χ3v) is 4.61. The molecule has 6 nitrogen and oxygen atoms in total. The van der Waals surface area contributed by atoms with Crippen LogP contribution >= 0.6 is 0 Å². The number of aliphatic hydroxyl groups excluding tert-OH is 1. The Morgan fingerprint density at radius 2 is 1.83 bits per heavy atom. The van der Waals surface area contributed by atoms with Gasteiger partial charge in [-0.25, -0.2) is 4.98 Å². The summed E-state index contributed by atoms with van der Waals surface area (Å²) in [5.41, 5.74) is 2.10. The quantitative estimate of drug-likeness (QED) is 0.866. The van der Waals surface area contributed by atoms with Gasteiger partial charge in [0.25, 0.3) is 0 Å². The molecule has 0 spiro atoms. The molecule has 0 unspecified atom stereocenters. The van der Waals surface area contributed by atoms with E-state index < -0.39 is 18.3 Å². The van der Waals surface area contributed by atoms with Gasteiger partial charge < -0.3 is 19.0 Å². The van der Waals surface area contributed by atoms with Crippen LogP contribution in [0.3, 0.4) is 0 Å². The molecule has 7 heteroatoms. The molecule has 1 aliphatic heterocycles. The Kier molecular flexibility index (Phi) is 3.82. The highest BCUT2D eigenvalue weighted by molar-refractivity contribution is 6.61. The lowest BCUT2D eigenvalue weighted by atomic mass is 9.84. The monoisotopic (exact) mass is 315 g/mol. The first-order chi connectivity index (χ1) is 10.7. The zero-order chi connectivity index (χ0) is 16.8. The second-order valence-electron chi connectivity index (χ2n) is 6.87. The molecule has 3 rings (SSSR count). The highest BCUT2D eigenvalue weighted by Gasteiger charge is 2.52. The van der Waals surface area contributed by atoms with E-state index in [1.54, 1.807) is 6.33 Å². The minimum Gasteiger partial charge on any atom is -0.398 e. The molecule has 0 bridgehead atoms. The minimum absolute atomic E-state index is 0.167. The van der Waals surface area contributed by atoms with Gasteiger partial charge >= 0.3 is 7.12 Å². The summed E-state index contributed by atoms with van der Waals surface area (Å²) < 4.78 is 13.9. The van der Waals surface area contributed by atoms with Crippen LogP contribution in [0, 0.1) is 6.92 Å². The van der Waals surface area contributed by atoms with E-state index in [9.17, 15) is 5.11 Å². The molecule has 2 aromatic heterocycles. The molecular weight excluding hydrogens is 293 g/mol. The molecule has 23 heavy (non-hydrogen) atoms. The van der Waals surface area contributed by atoms with Gasteiger partial charge in [0, 0.05) is 6.20 Å². The Morgan fingerprint density at radius 3 is 2.35 bits per heavy atom. The fourth-order valence-corrected chi connectivity index (χ4v) is 2.51. The van der Waals surface area contributed by atoms with E-state index in [2.05, 4.69) is 9.97 Å². The van der Waals surface area contributed by atoms with Crippen molar-refractivity contribution in [3.8, 4) is 5.69 Å². The van der Waals surface area contributed by atoms with E-state index in [1.165, 1.54) is 0 Å². The van der Waals surface area contributed by atoms with Crippen LogP contribution in [-0.4, -0.2) is 38.0 Å². The number of imidazole rings is 1. The predicted octanol–water partition coefficient (Wildman–Crippen LogP) is 1.37. The summed E-state index contributed by atoms with van der Waals surface area (Å²) in [5, 5.41) is 9.68. The number of hydrogen-bond acceptors (Lipinski definition) is 5. The van der Waals surface area contributed by atoms with Crippen molar-refractivity contribution in [2.24, 2.45) is 0 Å². The molecule has 1 saturated heterocycles. The predicted molar refractivity (Wildman–Crippen MR) is 87.7 cm³/mol. The summed E-state index contributed by atoms with van der Waals surface area (Å²) in [6.45, 7) is 9.76. The van der Waals surface area contributed by atoms with Crippen LogP contribution < -0.4 is 5.59 Å². The molecule has 0 aliphatic carbocycles. The standard InChI is InChI=1S/C16H22BN3O3/c1-11-8-20(10-18-11)13-6-7-14(19-12(13)9-21)17-22-15(2,3)16(4,5)23-17/h6-8,10,21H,9H2,1-5H3. The fraction of sp³-hybridized carbons (Fsp3) is 0.500. The maximum Gasteiger partial charge on any atom is 0.514 e. The smallest absolute Gasteiger partial charge is 0.398 e. The molecule has 1 fully saturated rings. The van der Waals surface area contributed by atoms with Crippen LogP contribution in [-0.2, 0) is 15.9 Å². The maximum atomic E-state index is 9.68. The second kappa shape index (κ2) is 5.44. The lowest BCUT2D eigenvalue weighted by Gasteiger charge is -2.32. The number of aryl methyl sites for hydroxylation is 1. The Bertz CT molecular complexity index is 711. The van der Waals surface area contributed by atoms with Crippen LogP contribution in [0.15, 0.2) is 24.7 Å². The average Bonchev–Trinajstić information content (AvgIpc) is 2.99. The van der Waals surface area contributed by atoms with Gasteiger partial charge in [0.15, 0.2) is 0 Å². The number of rotatable bonds is 3. The van der Waals surface area contributed by atoms with Gasteiger partial charge in [0.05, 0.1) is 46.8 Å². The molecule has 1 aliphatic rings. The van der Waals surface area contributed by atoms with E-state index in [0.29, 0.717) is 11.3 Å². The van der Waals surface area contributed by atoms with Gasteiger partial charge in [0.1, 0.15) is 0 Å². The molecule has 0 atom stereocenters. The lowest BCUT2D eigenvalue weighted by Crippen LogP contribution is -2.41. The third kappa shape index (κ3) is 2.80. The number of aliphatic hydroxyl groups is 1. The summed E-state index contributed by atoms with van der Waals surface area (Å²) >= 11 is 0. The molecule has 0 saturated carbocycles. The van der Waals surface area contributed by atoms with Crippen LogP contribution in [0.4, 0.5) is 0 Å². The number of aromatic nitrogens is 3. The molecule has 0 aromatic carbocycles. The summed E-state index contributed by atoms with van der Waals surface area (Å²) in [6.07, 6.45) is 3.60. The Morgan fingerprint density at radius 1 is 1.17 bits per heavy atom. The molecule has 0 amide bonds. The van der Waals surface area contributed by atoms with Crippen LogP contribution in [0.25, 0.3) is 5.69 Å². The SMILES string of the molecule is Cc1cn(-c2ccc(B3OC(C)(C)C(C)(C)O3)nc2CO)cn1. The van der Waals surface area contributed by atoms with Gasteiger partial charge in [-0.15, -0.1) is 0 Å². The third-order valence-electron chi connectivity index (χ3n) is 4.61. The molecule has 2 aromatic rings. The molecule has 3 heterocycles. The number of nitrogens with zero attached hydrogens (tertiary/aromatic N) is 3. The van der Waals surface area contributed by atoms with Gasteiger partial charge in [-0.3, -0.25) is 4.98 Å². The van der Waals surface area contributed by atoms with Crippen molar-refractivity contribution < 1.29 is 14.4 Å². The van der Waals surface area contributed by atoms with E-state index in [4.69, 9.17) is 9.31 Å². The number of hydrogen-bond donors (Lipinski definition) is 1. The zero-order valence-corrected chi connectivity index (χ0v) is 14.2. The van der Waals surface area contributed by atoms with Gasteiger partial charge in [-0.05, 0) is 46.8 Å². The zero-order valence-electron chi connectivity index (χ0n) is 14.2. The van der Waals surface area contributed by atoms with Crippen molar-refractivity contribution in [3.05, 3.63) is 36.0 Å². The summed E-state index contributed by atoms with van der Waals surface area (Å²) in [5.74, 6) is 0. The molecule has 0 radical (unpaired) electrons. The second-order valence-corrected chi connectivity index (χ2v) is 6.87. The van der Waals surface area contributed by atoms with Crippen molar-refractivity contribution in [1.29, 1.82) is 0 Å². The van der Waals surface area contributed by atoms with Crippen molar-refractivity contribution in [3.63, 3.8) is 0 Å². The lowest BCUT2D eigenvalue weighted by molar-refractivity contribution is 0.00578. The largest absolute Gasteiger partial charge is 0.514 e. The van der Waals surface area contributed by atoms with Crippen molar-refractivity contribution in [1.82, 2.24) is 14.5 Å². The van der Waals surface area contributed by atoms with Gasteiger partial charge in [-0.2, -0.15) is 0 Å². The van der Waals surface area contributed by atoms with E-state index in [-0.39, 0.29) is 6.61 Å². The average molecular weight is 315 g/mol. The summed E-state index contributed by atoms with van der Waals surface area (Å²) in [7, 11) is -0.538. The van der Waals surface area contributed by atoms with Crippen LogP contribution in [0.2, 0.25) is 0 Å². The van der Waals surface area contributed by atoms with Crippen molar-refractivity contribution >= 4 is 12.7 Å². The van der Waals surface area contributed by atoms with Crippen LogP contribution in [0.1, 0.15) is 39.1 Å². The molecule has 1 N–H and O–H groups in total. The number of pyridine rings is 1. The van der Waals surface area contributed by atoms with Crippen LogP contribution in [0.5, 0.6) is 0 Å². The Hall–Kier alpha value is -1.70.